The van der Waals surface area contributed by atoms with Crippen LogP contribution in [0, 0.1) is 6.92 Å². The number of rotatable bonds is 4. The van der Waals surface area contributed by atoms with E-state index in [2.05, 4.69) is 11.9 Å². The monoisotopic (exact) mass is 327 g/mol. The van der Waals surface area contributed by atoms with Crippen molar-refractivity contribution in [2.45, 2.75) is 6.92 Å². The Labute approximate surface area is 146 Å². The van der Waals surface area contributed by atoms with Gasteiger partial charge in [0.25, 0.3) is 0 Å². The van der Waals surface area contributed by atoms with Crippen LogP contribution in [0.5, 0.6) is 11.5 Å². The molecule has 25 heavy (non-hydrogen) atoms. The second-order valence-corrected chi connectivity index (χ2v) is 5.84. The van der Waals surface area contributed by atoms with E-state index in [1.54, 1.807) is 0 Å². The predicted molar refractivity (Wildman–Crippen MR) is 101 cm³/mol. The van der Waals surface area contributed by atoms with E-state index in [1.165, 1.54) is 5.56 Å². The van der Waals surface area contributed by atoms with E-state index in [-0.39, 0.29) is 0 Å². The van der Waals surface area contributed by atoms with Crippen molar-refractivity contribution in [3.05, 3.63) is 89.8 Å². The SMILES string of the molecule is Cc1ccc(Oc2ccc3oc(C=Cc4ccccc4)nc3c2)cc1. The summed E-state index contributed by atoms with van der Waals surface area (Å²) in [5, 5.41) is 0. The Kier molecular flexibility index (Phi) is 4.05. The Morgan fingerprint density at radius 1 is 0.840 bits per heavy atom. The standard InChI is InChI=1S/C22H17NO2/c1-16-7-10-18(11-8-16)24-19-12-13-21-20(15-19)23-22(25-21)14-9-17-5-3-2-4-6-17/h2-15H,1H3. The summed E-state index contributed by atoms with van der Waals surface area (Å²) in [5.41, 5.74) is 3.82. The van der Waals surface area contributed by atoms with Gasteiger partial charge in [-0.25, -0.2) is 4.98 Å². The summed E-state index contributed by atoms with van der Waals surface area (Å²) < 4.78 is 11.6. The van der Waals surface area contributed by atoms with Gasteiger partial charge in [-0.15, -0.1) is 0 Å². The average Bonchev–Trinajstić information content (AvgIpc) is 3.05. The highest BCUT2D eigenvalue weighted by Crippen LogP contribution is 2.26. The maximum atomic E-state index is 5.88. The van der Waals surface area contributed by atoms with Crippen LogP contribution in [0.25, 0.3) is 23.3 Å². The van der Waals surface area contributed by atoms with Crippen LogP contribution in [0.15, 0.2) is 77.2 Å². The lowest BCUT2D eigenvalue weighted by Crippen LogP contribution is -1.84. The second-order valence-electron chi connectivity index (χ2n) is 5.84. The van der Waals surface area contributed by atoms with Gasteiger partial charge < -0.3 is 9.15 Å². The number of hydrogen-bond acceptors (Lipinski definition) is 3. The first-order chi connectivity index (χ1) is 12.3. The molecule has 4 aromatic rings. The van der Waals surface area contributed by atoms with Crippen LogP contribution in [0.3, 0.4) is 0 Å². The average molecular weight is 327 g/mol. The van der Waals surface area contributed by atoms with Gasteiger partial charge in [0.05, 0.1) is 0 Å². The third-order valence-corrected chi connectivity index (χ3v) is 3.85. The quantitative estimate of drug-likeness (QED) is 0.454. The largest absolute Gasteiger partial charge is 0.457 e. The van der Waals surface area contributed by atoms with Crippen molar-refractivity contribution in [2.24, 2.45) is 0 Å². The van der Waals surface area contributed by atoms with Gasteiger partial charge in [0, 0.05) is 12.1 Å². The van der Waals surface area contributed by atoms with Gasteiger partial charge in [-0.2, -0.15) is 0 Å². The van der Waals surface area contributed by atoms with Crippen LogP contribution in [0.1, 0.15) is 17.0 Å². The van der Waals surface area contributed by atoms with Crippen LogP contribution >= 0.6 is 0 Å². The van der Waals surface area contributed by atoms with Gasteiger partial charge in [0.1, 0.15) is 17.0 Å². The summed E-state index contributed by atoms with van der Waals surface area (Å²) in [7, 11) is 0. The molecule has 0 aliphatic heterocycles. The molecule has 0 radical (unpaired) electrons. The van der Waals surface area contributed by atoms with Gasteiger partial charge in [-0.05, 0) is 42.8 Å². The third kappa shape index (κ3) is 3.61. The highest BCUT2D eigenvalue weighted by Gasteiger charge is 2.06. The minimum absolute atomic E-state index is 0.575. The normalized spacial score (nSPS) is 11.2. The lowest BCUT2D eigenvalue weighted by molar-refractivity contribution is 0.483. The summed E-state index contributed by atoms with van der Waals surface area (Å²) in [6.45, 7) is 2.05. The smallest absolute Gasteiger partial charge is 0.220 e. The number of ether oxygens (including phenoxy) is 1. The molecule has 0 aliphatic rings. The van der Waals surface area contributed by atoms with E-state index >= 15 is 0 Å². The van der Waals surface area contributed by atoms with E-state index in [9.17, 15) is 0 Å². The summed E-state index contributed by atoms with van der Waals surface area (Å²) in [4.78, 5) is 4.51. The topological polar surface area (TPSA) is 35.3 Å². The molecule has 0 N–H and O–H groups in total. The molecule has 3 nitrogen and oxygen atoms in total. The molecule has 0 amide bonds. The van der Waals surface area contributed by atoms with Crippen LogP contribution in [0.4, 0.5) is 0 Å². The Hall–Kier alpha value is -3.33. The predicted octanol–water partition coefficient (Wildman–Crippen LogP) is 6.10. The molecular weight excluding hydrogens is 310 g/mol. The highest BCUT2D eigenvalue weighted by atomic mass is 16.5. The van der Waals surface area contributed by atoms with Gasteiger partial charge in [0.15, 0.2) is 5.58 Å². The van der Waals surface area contributed by atoms with Gasteiger partial charge >= 0.3 is 0 Å². The van der Waals surface area contributed by atoms with Gasteiger partial charge in [-0.1, -0.05) is 48.0 Å². The van der Waals surface area contributed by atoms with Crippen molar-refractivity contribution < 1.29 is 9.15 Å². The second kappa shape index (κ2) is 6.65. The first-order valence-electron chi connectivity index (χ1n) is 8.14. The lowest BCUT2D eigenvalue weighted by atomic mass is 10.2. The Balaban J connectivity index is 1.56. The van der Waals surface area contributed by atoms with Crippen molar-refractivity contribution >= 4 is 23.3 Å². The van der Waals surface area contributed by atoms with Gasteiger partial charge in [-0.3, -0.25) is 0 Å². The van der Waals surface area contributed by atoms with E-state index in [4.69, 9.17) is 9.15 Å². The molecule has 4 rings (SSSR count). The van der Waals surface area contributed by atoms with Crippen molar-refractivity contribution in [3.8, 4) is 11.5 Å². The number of aromatic nitrogens is 1. The Morgan fingerprint density at radius 3 is 2.40 bits per heavy atom. The fourth-order valence-corrected chi connectivity index (χ4v) is 2.53. The molecule has 0 saturated carbocycles. The van der Waals surface area contributed by atoms with Crippen molar-refractivity contribution in [3.63, 3.8) is 0 Å². The highest BCUT2D eigenvalue weighted by molar-refractivity contribution is 5.77. The van der Waals surface area contributed by atoms with Crippen LogP contribution < -0.4 is 4.74 Å². The van der Waals surface area contributed by atoms with E-state index in [0.717, 1.165) is 28.2 Å². The van der Waals surface area contributed by atoms with Crippen LogP contribution in [-0.2, 0) is 0 Å². The summed E-state index contributed by atoms with van der Waals surface area (Å²) >= 11 is 0. The third-order valence-electron chi connectivity index (χ3n) is 3.85. The van der Waals surface area contributed by atoms with E-state index < -0.39 is 0 Å². The molecule has 0 spiro atoms. The maximum absolute atomic E-state index is 5.88. The zero-order valence-corrected chi connectivity index (χ0v) is 13.8. The molecule has 0 unspecified atom stereocenters. The molecule has 0 atom stereocenters. The number of benzene rings is 3. The fraction of sp³-hybridized carbons (Fsp3) is 0.0455. The Bertz CT molecular complexity index is 1020. The fourth-order valence-electron chi connectivity index (χ4n) is 2.53. The summed E-state index contributed by atoms with van der Waals surface area (Å²) in [6, 6.07) is 23.7. The van der Waals surface area contributed by atoms with Crippen LogP contribution in [0.2, 0.25) is 0 Å². The minimum atomic E-state index is 0.575. The summed E-state index contributed by atoms with van der Waals surface area (Å²) in [5.74, 6) is 2.12. The van der Waals surface area contributed by atoms with E-state index in [0.29, 0.717) is 5.89 Å². The molecule has 3 aromatic carbocycles. The first kappa shape index (κ1) is 15.2. The molecular formula is C22H17NO2. The zero-order chi connectivity index (χ0) is 17.1. The molecule has 1 aromatic heterocycles. The van der Waals surface area contributed by atoms with E-state index in [1.807, 2.05) is 84.9 Å². The number of hydrogen-bond donors (Lipinski definition) is 0. The van der Waals surface area contributed by atoms with Gasteiger partial charge in [0.2, 0.25) is 5.89 Å². The minimum Gasteiger partial charge on any atom is -0.457 e. The molecule has 0 bridgehead atoms. The van der Waals surface area contributed by atoms with Crippen molar-refractivity contribution in [1.29, 1.82) is 0 Å². The molecule has 1 heterocycles. The number of aryl methyl sites for hydroxylation is 1. The lowest BCUT2D eigenvalue weighted by Gasteiger charge is -2.05. The maximum Gasteiger partial charge on any atom is 0.220 e. The molecule has 0 fully saturated rings. The van der Waals surface area contributed by atoms with Crippen LogP contribution in [-0.4, -0.2) is 4.98 Å². The molecule has 3 heteroatoms. The number of oxazole rings is 1. The first-order valence-corrected chi connectivity index (χ1v) is 8.14. The van der Waals surface area contributed by atoms with Crippen molar-refractivity contribution in [2.75, 3.05) is 0 Å². The number of fused-ring (bicyclic) bond motifs is 1. The summed E-state index contributed by atoms with van der Waals surface area (Å²) in [6.07, 6.45) is 3.85. The molecule has 122 valence electrons. The Morgan fingerprint density at radius 2 is 1.60 bits per heavy atom. The molecule has 0 saturated heterocycles. The molecule has 0 aliphatic carbocycles. The number of nitrogens with zero attached hydrogens (tertiary/aromatic N) is 1. The zero-order valence-electron chi connectivity index (χ0n) is 13.8. The van der Waals surface area contributed by atoms with Crippen molar-refractivity contribution in [1.82, 2.24) is 4.98 Å².